The fraction of sp³-hybridized carbons (Fsp3) is 0.769. The van der Waals surface area contributed by atoms with E-state index in [0.717, 1.165) is 24.5 Å². The summed E-state index contributed by atoms with van der Waals surface area (Å²) in [4.78, 5) is 2.11. The van der Waals surface area contributed by atoms with E-state index in [4.69, 9.17) is 15.2 Å². The lowest BCUT2D eigenvalue weighted by Gasteiger charge is -2.18. The van der Waals surface area contributed by atoms with Crippen LogP contribution in [0.15, 0.2) is 6.20 Å². The number of hydrogen-bond donors (Lipinski definition) is 1. The van der Waals surface area contributed by atoms with E-state index in [-0.39, 0.29) is 12.1 Å². The van der Waals surface area contributed by atoms with Crippen LogP contribution in [0, 0.1) is 0 Å². The highest BCUT2D eigenvalue weighted by Gasteiger charge is 2.19. The van der Waals surface area contributed by atoms with Crippen molar-refractivity contribution < 1.29 is 9.47 Å². The first-order valence-corrected chi connectivity index (χ1v) is 6.57. The number of aromatic nitrogens is 2. The molecular formula is C13H26N4O2. The highest BCUT2D eigenvalue weighted by atomic mass is 16.5. The van der Waals surface area contributed by atoms with Gasteiger partial charge in [-0.15, -0.1) is 0 Å². The lowest BCUT2D eigenvalue weighted by atomic mass is 10.2. The van der Waals surface area contributed by atoms with Crippen LogP contribution in [-0.4, -0.2) is 55.1 Å². The molecule has 0 spiro atoms. The first-order valence-electron chi connectivity index (χ1n) is 6.57. The highest BCUT2D eigenvalue weighted by molar-refractivity contribution is 5.28. The van der Waals surface area contributed by atoms with E-state index >= 15 is 0 Å². The Morgan fingerprint density at radius 2 is 2.11 bits per heavy atom. The SMILES string of the molecule is COc1cnn(CCN(C)C)c1C(N)COC(C)C. The van der Waals surface area contributed by atoms with E-state index in [2.05, 4.69) is 10.00 Å². The number of ether oxygens (including phenoxy) is 2. The lowest BCUT2D eigenvalue weighted by molar-refractivity contribution is 0.0662. The predicted molar refractivity (Wildman–Crippen MR) is 75.3 cm³/mol. The van der Waals surface area contributed by atoms with Gasteiger partial charge < -0.3 is 20.1 Å². The molecule has 0 saturated carbocycles. The van der Waals surface area contributed by atoms with Gasteiger partial charge in [-0.1, -0.05) is 0 Å². The van der Waals surface area contributed by atoms with E-state index in [1.807, 2.05) is 32.6 Å². The van der Waals surface area contributed by atoms with Gasteiger partial charge in [-0.25, -0.2) is 0 Å². The van der Waals surface area contributed by atoms with Crippen molar-refractivity contribution >= 4 is 0 Å². The molecule has 0 amide bonds. The maximum absolute atomic E-state index is 6.19. The number of nitrogens with two attached hydrogens (primary N) is 1. The number of nitrogens with zero attached hydrogens (tertiary/aromatic N) is 3. The zero-order chi connectivity index (χ0) is 14.4. The first kappa shape index (κ1) is 15.9. The fourth-order valence-electron chi connectivity index (χ4n) is 1.76. The molecule has 19 heavy (non-hydrogen) atoms. The molecule has 2 N–H and O–H groups in total. The number of methoxy groups -OCH3 is 1. The second kappa shape index (κ2) is 7.47. The third-order valence-electron chi connectivity index (χ3n) is 2.78. The largest absolute Gasteiger partial charge is 0.493 e. The molecule has 0 fully saturated rings. The van der Waals surface area contributed by atoms with Crippen LogP contribution in [0.3, 0.4) is 0 Å². The summed E-state index contributed by atoms with van der Waals surface area (Å²) >= 11 is 0. The van der Waals surface area contributed by atoms with Crippen molar-refractivity contribution in [2.45, 2.75) is 32.5 Å². The predicted octanol–water partition coefficient (Wildman–Crippen LogP) is 0.878. The summed E-state index contributed by atoms with van der Waals surface area (Å²) in [6.45, 7) is 6.12. The second-order valence-electron chi connectivity index (χ2n) is 5.11. The normalized spacial score (nSPS) is 13.3. The van der Waals surface area contributed by atoms with Gasteiger partial charge in [-0.3, -0.25) is 4.68 Å². The molecule has 6 heteroatoms. The minimum Gasteiger partial charge on any atom is -0.493 e. The minimum atomic E-state index is -0.234. The van der Waals surface area contributed by atoms with Crippen molar-refractivity contribution in [3.8, 4) is 5.75 Å². The maximum atomic E-state index is 6.19. The molecule has 0 aliphatic rings. The maximum Gasteiger partial charge on any atom is 0.161 e. The highest BCUT2D eigenvalue weighted by Crippen LogP contribution is 2.23. The molecule has 0 aliphatic carbocycles. The Hall–Kier alpha value is -1.11. The standard InChI is InChI=1S/C13H26N4O2/c1-10(2)19-9-11(14)13-12(18-5)8-15-17(13)7-6-16(3)4/h8,10-11H,6-7,9,14H2,1-5H3. The van der Waals surface area contributed by atoms with E-state index < -0.39 is 0 Å². The molecule has 0 radical (unpaired) electrons. The van der Waals surface area contributed by atoms with E-state index in [9.17, 15) is 0 Å². The molecular weight excluding hydrogens is 244 g/mol. The molecule has 110 valence electrons. The monoisotopic (exact) mass is 270 g/mol. The van der Waals surface area contributed by atoms with E-state index in [1.165, 1.54) is 0 Å². The molecule has 0 aliphatic heterocycles. The molecule has 1 rings (SSSR count). The molecule has 6 nitrogen and oxygen atoms in total. The molecule has 0 bridgehead atoms. The van der Waals surface area contributed by atoms with E-state index in [1.54, 1.807) is 13.3 Å². The van der Waals surface area contributed by atoms with Crippen molar-refractivity contribution in [3.05, 3.63) is 11.9 Å². The van der Waals surface area contributed by atoms with Crippen molar-refractivity contribution in [3.63, 3.8) is 0 Å². The zero-order valence-electron chi connectivity index (χ0n) is 12.6. The van der Waals surface area contributed by atoms with Gasteiger partial charge in [-0.2, -0.15) is 5.10 Å². The molecule has 0 aromatic carbocycles. The van der Waals surface area contributed by atoms with Crippen molar-refractivity contribution in [2.24, 2.45) is 5.73 Å². The van der Waals surface area contributed by atoms with Gasteiger partial charge in [0.1, 0.15) is 0 Å². The molecule has 0 saturated heterocycles. The molecule has 1 unspecified atom stereocenters. The van der Waals surface area contributed by atoms with Crippen LogP contribution < -0.4 is 10.5 Å². The van der Waals surface area contributed by atoms with Gasteiger partial charge >= 0.3 is 0 Å². The molecule has 1 aromatic heterocycles. The minimum absolute atomic E-state index is 0.162. The quantitative estimate of drug-likeness (QED) is 0.759. The Kier molecular flexibility index (Phi) is 6.27. The molecule has 1 heterocycles. The van der Waals surface area contributed by atoms with Crippen molar-refractivity contribution in [1.82, 2.24) is 14.7 Å². The third kappa shape index (κ3) is 4.81. The summed E-state index contributed by atoms with van der Waals surface area (Å²) in [5.41, 5.74) is 7.09. The fourth-order valence-corrected chi connectivity index (χ4v) is 1.76. The van der Waals surface area contributed by atoms with Crippen LogP contribution in [0.2, 0.25) is 0 Å². The van der Waals surface area contributed by atoms with Crippen LogP contribution >= 0.6 is 0 Å². The van der Waals surface area contributed by atoms with Crippen molar-refractivity contribution in [1.29, 1.82) is 0 Å². The molecule has 1 aromatic rings. The average Bonchev–Trinajstić information content (AvgIpc) is 2.76. The topological polar surface area (TPSA) is 65.5 Å². The Bertz CT molecular complexity index is 377. The van der Waals surface area contributed by atoms with Gasteiger partial charge in [0.2, 0.25) is 0 Å². The van der Waals surface area contributed by atoms with Crippen LogP contribution in [-0.2, 0) is 11.3 Å². The lowest BCUT2D eigenvalue weighted by Crippen LogP contribution is -2.26. The van der Waals surface area contributed by atoms with Gasteiger partial charge in [0.25, 0.3) is 0 Å². The summed E-state index contributed by atoms with van der Waals surface area (Å²) in [6.07, 6.45) is 1.87. The Balaban J connectivity index is 2.79. The number of rotatable bonds is 8. The third-order valence-corrected chi connectivity index (χ3v) is 2.78. The summed E-state index contributed by atoms with van der Waals surface area (Å²) in [6, 6.07) is -0.234. The summed E-state index contributed by atoms with van der Waals surface area (Å²) in [5.74, 6) is 0.721. The van der Waals surface area contributed by atoms with Crippen LogP contribution in [0.25, 0.3) is 0 Å². The first-order chi connectivity index (χ1) is 8.95. The van der Waals surface area contributed by atoms with Crippen molar-refractivity contribution in [2.75, 3.05) is 34.4 Å². The smallest absolute Gasteiger partial charge is 0.161 e. The summed E-state index contributed by atoms with van der Waals surface area (Å²) in [7, 11) is 5.69. The van der Waals surface area contributed by atoms with Crippen LogP contribution in [0.5, 0.6) is 5.75 Å². The van der Waals surface area contributed by atoms with Gasteiger partial charge in [0.05, 0.1) is 44.3 Å². The average molecular weight is 270 g/mol. The van der Waals surface area contributed by atoms with Gasteiger partial charge in [0, 0.05) is 6.54 Å². The Labute approximate surface area is 115 Å². The van der Waals surface area contributed by atoms with Gasteiger partial charge in [0.15, 0.2) is 5.75 Å². The number of hydrogen-bond acceptors (Lipinski definition) is 5. The van der Waals surface area contributed by atoms with Crippen LogP contribution in [0.1, 0.15) is 25.6 Å². The molecule has 1 atom stereocenters. The van der Waals surface area contributed by atoms with Crippen LogP contribution in [0.4, 0.5) is 0 Å². The number of likely N-dealkylation sites (N-methyl/N-ethyl adjacent to an activating group) is 1. The summed E-state index contributed by atoms with van der Waals surface area (Å²) in [5, 5.41) is 4.34. The summed E-state index contributed by atoms with van der Waals surface area (Å²) < 4.78 is 12.8. The van der Waals surface area contributed by atoms with Gasteiger partial charge in [-0.05, 0) is 27.9 Å². The Morgan fingerprint density at radius 1 is 1.42 bits per heavy atom. The van der Waals surface area contributed by atoms with E-state index in [0.29, 0.717) is 6.61 Å². The second-order valence-corrected chi connectivity index (χ2v) is 5.11. The zero-order valence-corrected chi connectivity index (χ0v) is 12.6. The Morgan fingerprint density at radius 3 is 2.63 bits per heavy atom.